The van der Waals surface area contributed by atoms with Crippen LogP contribution in [0.2, 0.25) is 0 Å². The number of hydrogen-bond acceptors (Lipinski definition) is 4. The first-order valence-electron chi connectivity index (χ1n) is 7.90. The summed E-state index contributed by atoms with van der Waals surface area (Å²) < 4.78 is 3.31. The van der Waals surface area contributed by atoms with Crippen molar-refractivity contribution >= 4 is 11.7 Å². The van der Waals surface area contributed by atoms with Crippen LogP contribution in [0.5, 0.6) is 0 Å². The van der Waals surface area contributed by atoms with Gasteiger partial charge in [-0.25, -0.2) is 0 Å². The van der Waals surface area contributed by atoms with Crippen LogP contribution in [0.1, 0.15) is 16.7 Å². The summed E-state index contributed by atoms with van der Waals surface area (Å²) in [4.78, 5) is 12.2. The zero-order valence-corrected chi connectivity index (χ0v) is 13.9. The van der Waals surface area contributed by atoms with E-state index in [1.807, 2.05) is 54.2 Å². The van der Waals surface area contributed by atoms with Crippen LogP contribution in [-0.4, -0.2) is 25.5 Å². The first kappa shape index (κ1) is 16.5. The molecule has 0 bridgehead atoms. The molecule has 0 atom stereocenters. The molecular formula is C18H18N6O. The highest BCUT2D eigenvalue weighted by Gasteiger charge is 2.11. The predicted octanol–water partition coefficient (Wildman–Crippen LogP) is 2.14. The van der Waals surface area contributed by atoms with Crippen molar-refractivity contribution in [2.75, 3.05) is 5.32 Å². The molecule has 0 fully saturated rings. The van der Waals surface area contributed by atoms with Crippen molar-refractivity contribution in [1.82, 2.24) is 19.6 Å². The fourth-order valence-corrected chi connectivity index (χ4v) is 2.51. The standard InChI is InChI=1S/C18H18N6O/c1-14-11-23(8-7-19)22-18(14)21-17(25)9-16-10-20-24(13-16)12-15-5-3-2-4-6-15/h2-6,10-11,13H,8-9,12H2,1H3,(H,21,22,25). The molecule has 126 valence electrons. The highest BCUT2D eigenvalue weighted by atomic mass is 16.1. The summed E-state index contributed by atoms with van der Waals surface area (Å²) in [5, 5.41) is 20.0. The second-order valence-electron chi connectivity index (χ2n) is 5.77. The van der Waals surface area contributed by atoms with Gasteiger partial charge in [0, 0.05) is 18.0 Å². The number of amides is 1. The van der Waals surface area contributed by atoms with Gasteiger partial charge < -0.3 is 5.32 Å². The van der Waals surface area contributed by atoms with Gasteiger partial charge in [0.15, 0.2) is 5.82 Å². The monoisotopic (exact) mass is 334 g/mol. The van der Waals surface area contributed by atoms with Gasteiger partial charge in [-0.05, 0) is 18.1 Å². The van der Waals surface area contributed by atoms with E-state index in [4.69, 9.17) is 5.26 Å². The number of benzene rings is 1. The van der Waals surface area contributed by atoms with E-state index in [0.29, 0.717) is 12.4 Å². The van der Waals surface area contributed by atoms with Crippen LogP contribution in [0.25, 0.3) is 0 Å². The molecule has 2 heterocycles. The van der Waals surface area contributed by atoms with Crippen LogP contribution in [0.3, 0.4) is 0 Å². The summed E-state index contributed by atoms with van der Waals surface area (Å²) in [7, 11) is 0. The maximum atomic E-state index is 12.2. The number of nitrogens with one attached hydrogen (secondary N) is 1. The minimum absolute atomic E-state index is 0.156. The zero-order valence-electron chi connectivity index (χ0n) is 13.9. The molecule has 2 aromatic heterocycles. The molecule has 7 heteroatoms. The molecule has 0 aliphatic heterocycles. The summed E-state index contributed by atoms with van der Waals surface area (Å²) in [6.45, 7) is 2.66. The van der Waals surface area contributed by atoms with Gasteiger partial charge in [0.05, 0.1) is 25.2 Å². The Kier molecular flexibility index (Phi) is 4.90. The minimum atomic E-state index is -0.162. The Morgan fingerprint density at radius 2 is 2.00 bits per heavy atom. The highest BCUT2D eigenvalue weighted by Crippen LogP contribution is 2.12. The molecule has 1 amide bonds. The molecule has 0 aliphatic carbocycles. The molecule has 1 N–H and O–H groups in total. The first-order valence-corrected chi connectivity index (χ1v) is 7.90. The number of anilines is 1. The minimum Gasteiger partial charge on any atom is -0.309 e. The average molecular weight is 334 g/mol. The lowest BCUT2D eigenvalue weighted by atomic mass is 10.2. The van der Waals surface area contributed by atoms with E-state index < -0.39 is 0 Å². The predicted molar refractivity (Wildman–Crippen MR) is 92.7 cm³/mol. The van der Waals surface area contributed by atoms with E-state index in [1.54, 1.807) is 12.4 Å². The maximum absolute atomic E-state index is 12.2. The van der Waals surface area contributed by atoms with Gasteiger partial charge in [0.2, 0.25) is 5.91 Å². The van der Waals surface area contributed by atoms with E-state index in [9.17, 15) is 4.79 Å². The second kappa shape index (κ2) is 7.45. The van der Waals surface area contributed by atoms with Gasteiger partial charge in [-0.15, -0.1) is 0 Å². The van der Waals surface area contributed by atoms with Gasteiger partial charge >= 0.3 is 0 Å². The third kappa shape index (κ3) is 4.32. The van der Waals surface area contributed by atoms with Gasteiger partial charge in [0.1, 0.15) is 6.54 Å². The summed E-state index contributed by atoms with van der Waals surface area (Å²) in [5.74, 6) is 0.321. The smallest absolute Gasteiger partial charge is 0.230 e. The van der Waals surface area contributed by atoms with Crippen LogP contribution < -0.4 is 5.32 Å². The number of nitriles is 1. The SMILES string of the molecule is Cc1cn(CC#N)nc1NC(=O)Cc1cnn(Cc2ccccc2)c1. The normalized spacial score (nSPS) is 10.4. The van der Waals surface area contributed by atoms with Gasteiger partial charge in [-0.1, -0.05) is 30.3 Å². The molecule has 0 unspecified atom stereocenters. The molecule has 0 radical (unpaired) electrons. The molecule has 7 nitrogen and oxygen atoms in total. The quantitative estimate of drug-likeness (QED) is 0.748. The van der Waals surface area contributed by atoms with E-state index >= 15 is 0 Å². The Labute approximate surface area is 145 Å². The Balaban J connectivity index is 1.59. The molecule has 3 rings (SSSR count). The lowest BCUT2D eigenvalue weighted by molar-refractivity contribution is -0.115. The van der Waals surface area contributed by atoms with Crippen molar-refractivity contribution in [3.05, 3.63) is 65.6 Å². The molecule has 25 heavy (non-hydrogen) atoms. The number of aromatic nitrogens is 4. The second-order valence-corrected chi connectivity index (χ2v) is 5.77. The third-order valence-corrected chi connectivity index (χ3v) is 3.67. The van der Waals surface area contributed by atoms with Gasteiger partial charge in [-0.3, -0.25) is 14.2 Å². The topological polar surface area (TPSA) is 88.5 Å². The maximum Gasteiger partial charge on any atom is 0.230 e. The van der Waals surface area contributed by atoms with Crippen molar-refractivity contribution in [3.63, 3.8) is 0 Å². The van der Waals surface area contributed by atoms with Crippen molar-refractivity contribution in [2.24, 2.45) is 0 Å². The Bertz CT molecular complexity index is 903. The number of rotatable bonds is 6. The van der Waals surface area contributed by atoms with Crippen LogP contribution >= 0.6 is 0 Å². The molecular weight excluding hydrogens is 316 g/mol. The zero-order chi connectivity index (χ0) is 17.6. The number of carbonyl (C=O) groups is 1. The fraction of sp³-hybridized carbons (Fsp3) is 0.222. The van der Waals surface area contributed by atoms with Crippen molar-refractivity contribution < 1.29 is 4.79 Å². The van der Waals surface area contributed by atoms with Crippen LogP contribution in [0.15, 0.2) is 48.9 Å². The van der Waals surface area contributed by atoms with Crippen LogP contribution in [0, 0.1) is 18.3 Å². The van der Waals surface area contributed by atoms with Crippen molar-refractivity contribution in [2.45, 2.75) is 26.4 Å². The van der Waals surface area contributed by atoms with E-state index in [1.165, 1.54) is 4.68 Å². The molecule has 0 spiro atoms. The Hall–Kier alpha value is -3.40. The highest BCUT2D eigenvalue weighted by molar-refractivity contribution is 5.91. The number of aryl methyl sites for hydroxylation is 1. The lowest BCUT2D eigenvalue weighted by Crippen LogP contribution is -2.15. The van der Waals surface area contributed by atoms with Gasteiger partial charge in [0.25, 0.3) is 0 Å². The number of carbonyl (C=O) groups excluding carboxylic acids is 1. The molecule has 1 aromatic carbocycles. The average Bonchev–Trinajstić information content (AvgIpc) is 3.15. The number of hydrogen-bond donors (Lipinski definition) is 1. The van der Waals surface area contributed by atoms with Crippen molar-refractivity contribution in [1.29, 1.82) is 5.26 Å². The summed E-state index contributed by atoms with van der Waals surface area (Å²) in [6.07, 6.45) is 5.52. The molecule has 3 aromatic rings. The molecule has 0 saturated heterocycles. The number of nitrogens with zero attached hydrogens (tertiary/aromatic N) is 5. The largest absolute Gasteiger partial charge is 0.309 e. The lowest BCUT2D eigenvalue weighted by Gasteiger charge is -2.02. The van der Waals surface area contributed by atoms with Crippen molar-refractivity contribution in [3.8, 4) is 6.07 Å². The summed E-state index contributed by atoms with van der Waals surface area (Å²) in [5.41, 5.74) is 2.81. The summed E-state index contributed by atoms with van der Waals surface area (Å²) >= 11 is 0. The van der Waals surface area contributed by atoms with E-state index in [2.05, 4.69) is 15.5 Å². The van der Waals surface area contributed by atoms with E-state index in [0.717, 1.165) is 16.7 Å². The van der Waals surface area contributed by atoms with Crippen LogP contribution in [0.4, 0.5) is 5.82 Å². The van der Waals surface area contributed by atoms with Crippen LogP contribution in [-0.2, 0) is 24.3 Å². The Morgan fingerprint density at radius 3 is 2.76 bits per heavy atom. The van der Waals surface area contributed by atoms with E-state index in [-0.39, 0.29) is 18.9 Å². The molecule has 0 aliphatic rings. The Morgan fingerprint density at radius 1 is 1.20 bits per heavy atom. The first-order chi connectivity index (χ1) is 12.1. The molecule has 0 saturated carbocycles. The fourth-order valence-electron chi connectivity index (χ4n) is 2.51. The summed E-state index contributed by atoms with van der Waals surface area (Å²) in [6, 6.07) is 12.0. The van der Waals surface area contributed by atoms with Gasteiger partial charge in [-0.2, -0.15) is 15.5 Å². The third-order valence-electron chi connectivity index (χ3n) is 3.67.